The summed E-state index contributed by atoms with van der Waals surface area (Å²) in [6, 6.07) is 12.7. The summed E-state index contributed by atoms with van der Waals surface area (Å²) in [5.41, 5.74) is -0.357. The summed E-state index contributed by atoms with van der Waals surface area (Å²) in [5, 5.41) is 11.0. The molecule has 0 aromatic heterocycles. The van der Waals surface area contributed by atoms with Crippen LogP contribution in [0.1, 0.15) is 196 Å². The Bertz CT molecular complexity index is 2650. The van der Waals surface area contributed by atoms with E-state index in [1.54, 1.807) is 14.7 Å². The molecule has 8 aliphatic rings. The van der Waals surface area contributed by atoms with Crippen LogP contribution < -0.4 is 16.0 Å². The van der Waals surface area contributed by atoms with Gasteiger partial charge in [-0.2, -0.15) is 0 Å². The maximum Gasteiger partial charge on any atom is 0.410 e. The number of piperidine rings is 3. The molecule has 598 valence electrons. The van der Waals surface area contributed by atoms with Crippen LogP contribution in [0.15, 0.2) is 30.3 Å². The number of ether oxygens (including phenoxy) is 5. The SMILES string of the molecule is BrCc1ccccc1.CC(C)(C)OC(=O)N1CCC(=O)CC1.C[C@H]1CN(C(=O)OC(C)(C)C)CCN1.C[C@H]1CN(C(=O)OC(C)(C)C)CCN1Br.C[C@H]1CN(C2(C)CCN(C(=O)OC(C)(C)C)CC2)CCN1.C[C@H]1CN(C2(C)CCN(C(=O)OC(C)(C)C)CC2)CCN1Br.C[C@H]1CNCCN1Br.Cl. The summed E-state index contributed by atoms with van der Waals surface area (Å²) in [4.78, 5) is 84.1. The number of likely N-dealkylation sites (tertiary alicyclic amines) is 3. The van der Waals surface area contributed by atoms with Gasteiger partial charge in [0.15, 0.2) is 0 Å². The van der Waals surface area contributed by atoms with E-state index in [2.05, 4.69) is 162 Å². The van der Waals surface area contributed by atoms with Crippen molar-refractivity contribution in [1.82, 2.24) is 62.0 Å². The normalized spacial score (nSPS) is 24.0. The maximum atomic E-state index is 12.2. The van der Waals surface area contributed by atoms with Gasteiger partial charge in [-0.1, -0.05) is 46.3 Å². The number of amides is 5. The molecule has 0 bridgehead atoms. The van der Waals surface area contributed by atoms with E-state index in [4.69, 9.17) is 23.7 Å². The van der Waals surface area contributed by atoms with Crippen molar-refractivity contribution in [2.24, 2.45) is 0 Å². The molecule has 1 aromatic carbocycles. The molecule has 5 amide bonds. The average molecular weight is 1740 g/mol. The van der Waals surface area contributed by atoms with E-state index < -0.39 is 28.0 Å². The van der Waals surface area contributed by atoms with Gasteiger partial charge in [0.1, 0.15) is 33.8 Å². The van der Waals surface area contributed by atoms with Gasteiger partial charge in [-0.15, -0.1) is 12.4 Å². The lowest BCUT2D eigenvalue weighted by Gasteiger charge is -2.50. The highest BCUT2D eigenvalue weighted by Gasteiger charge is 2.42. The summed E-state index contributed by atoms with van der Waals surface area (Å²) in [5.74, 6) is 0.227. The van der Waals surface area contributed by atoms with Gasteiger partial charge in [-0.05, 0) is 184 Å². The number of hydrogen-bond donors (Lipinski definition) is 3. The van der Waals surface area contributed by atoms with Crippen LogP contribution in [-0.4, -0.2) is 289 Å². The molecule has 8 heterocycles. The van der Waals surface area contributed by atoms with Crippen LogP contribution in [0.3, 0.4) is 0 Å². The molecule has 0 saturated carbocycles. The largest absolute Gasteiger partial charge is 0.444 e. The predicted molar refractivity (Wildman–Crippen MR) is 431 cm³/mol. The first kappa shape index (κ1) is 96.2. The fourth-order valence-electron chi connectivity index (χ4n) is 12.0. The van der Waals surface area contributed by atoms with Crippen LogP contribution in [0.2, 0.25) is 0 Å². The second-order valence-corrected chi connectivity index (χ2v) is 36.9. The highest BCUT2D eigenvalue weighted by Crippen LogP contribution is 2.33. The van der Waals surface area contributed by atoms with Gasteiger partial charge >= 0.3 is 30.5 Å². The van der Waals surface area contributed by atoms with E-state index in [0.717, 1.165) is 142 Å². The van der Waals surface area contributed by atoms with Crippen LogP contribution in [-0.2, 0) is 33.8 Å². The first-order valence-corrected chi connectivity index (χ1v) is 40.3. The molecule has 5 atom stereocenters. The van der Waals surface area contributed by atoms with Crippen molar-refractivity contribution < 1.29 is 52.5 Å². The van der Waals surface area contributed by atoms with Crippen molar-refractivity contribution in [1.29, 1.82) is 0 Å². The van der Waals surface area contributed by atoms with Crippen LogP contribution in [0.25, 0.3) is 0 Å². The molecule has 0 spiro atoms. The molecule has 0 aliphatic carbocycles. The molecule has 8 fully saturated rings. The first-order chi connectivity index (χ1) is 47.1. The van der Waals surface area contributed by atoms with Gasteiger partial charge in [0.05, 0.1) is 0 Å². The number of hydrogen-bond acceptors (Lipinski definition) is 19. The van der Waals surface area contributed by atoms with Crippen molar-refractivity contribution in [2.75, 3.05) is 137 Å². The lowest BCUT2D eigenvalue weighted by atomic mass is 9.87. The molecule has 8 aliphatic heterocycles. The number of carbonyl (C=O) groups excluding carboxylic acids is 6. The second-order valence-electron chi connectivity index (χ2n) is 33.6. The summed E-state index contributed by atoms with van der Waals surface area (Å²) in [6.45, 7) is 62.3. The Labute approximate surface area is 661 Å². The van der Waals surface area contributed by atoms with Crippen molar-refractivity contribution in [3.63, 3.8) is 0 Å². The summed E-state index contributed by atoms with van der Waals surface area (Å²) in [6.07, 6.45) is 3.93. The molecule has 1 aromatic rings. The minimum atomic E-state index is -0.460. The van der Waals surface area contributed by atoms with E-state index in [-0.39, 0.29) is 59.7 Å². The topological polar surface area (TPSA) is 217 Å². The van der Waals surface area contributed by atoms with Gasteiger partial charge in [-0.25, -0.2) is 35.8 Å². The first-order valence-electron chi connectivity index (χ1n) is 37.1. The Hall–Kier alpha value is -2.87. The van der Waals surface area contributed by atoms with Gasteiger partial charge in [0, 0.05) is 245 Å². The Morgan fingerprint density at radius 3 is 1.12 bits per heavy atom. The molecule has 24 nitrogen and oxygen atoms in total. The highest BCUT2D eigenvalue weighted by atomic mass is 79.9. The quantitative estimate of drug-likeness (QED) is 0.146. The minimum absolute atomic E-state index is 0. The smallest absolute Gasteiger partial charge is 0.410 e. The molecular weight excluding hydrogens is 1600 g/mol. The molecule has 29 heteroatoms. The van der Waals surface area contributed by atoms with Crippen molar-refractivity contribution in [3.8, 4) is 0 Å². The van der Waals surface area contributed by atoms with Crippen molar-refractivity contribution in [3.05, 3.63) is 35.9 Å². The zero-order valence-corrected chi connectivity index (χ0v) is 74.1. The fraction of sp³-hybridized carbons (Fsp3) is 0.838. The predicted octanol–water partition coefficient (Wildman–Crippen LogP) is 13.8. The van der Waals surface area contributed by atoms with E-state index in [9.17, 15) is 28.8 Å². The summed E-state index contributed by atoms with van der Waals surface area (Å²) >= 11 is 13.9. The van der Waals surface area contributed by atoms with Crippen molar-refractivity contribution >= 4 is 113 Å². The van der Waals surface area contributed by atoms with E-state index >= 15 is 0 Å². The third kappa shape index (κ3) is 38.9. The highest BCUT2D eigenvalue weighted by molar-refractivity contribution is 9.08. The molecule has 3 N–H and O–H groups in total. The maximum absolute atomic E-state index is 12.2. The molecule has 103 heavy (non-hydrogen) atoms. The van der Waals surface area contributed by atoms with E-state index in [1.165, 1.54) is 5.56 Å². The van der Waals surface area contributed by atoms with Crippen LogP contribution >= 0.6 is 76.8 Å². The number of benzene rings is 1. The number of halogens is 5. The minimum Gasteiger partial charge on any atom is -0.444 e. The Kier molecular flexibility index (Phi) is 41.8. The van der Waals surface area contributed by atoms with E-state index in [1.807, 2.05) is 132 Å². The third-order valence-corrected chi connectivity index (χ3v) is 21.8. The van der Waals surface area contributed by atoms with Crippen LogP contribution in [0.4, 0.5) is 24.0 Å². The standard InChI is InChI=1S/C16H30BrN3O2.C16H31N3O2.C10H19BrN2O2.C10H20N2O2.C10H17NO3.C7H7Br.C5H11BrN2.ClH/c1-13-12-19(10-11-20(13)17)16(5)6-8-18(9-7-16)14(21)22-15(2,3)4;1-13-12-19(11-8-17-13)16(5)6-9-18(10-7-16)14(20)21-15(2,3)4;1-8-7-12(5-6-13(8)11)9(14)15-10(2,3)4;1-8-7-12(6-5-11-8)9(13)14-10(2,3)4;1-10(2,3)14-9(13)11-6-4-8(12)5-7-11;8-6-7-4-2-1-3-5-7;1-5-4-7-2-3-8(5)6;/h13H,6-12H2,1-5H3;13,17H,6-12H2,1-5H3;8H,5-7H2,1-4H3;8,11H,5-7H2,1-4H3;4-7H2,1-3H3;1-5H,6H2;5,7H,2-4H2,1H3;1H/t2*13-;2*8-;;;5-;/m0000..0./s1. The van der Waals surface area contributed by atoms with Crippen LogP contribution in [0.5, 0.6) is 0 Å². The van der Waals surface area contributed by atoms with Gasteiger partial charge in [-0.3, -0.25) is 14.6 Å². The number of Topliss-reactive ketones (excluding diaryl/α,β-unsaturated/α-hetero) is 1. The Balaban J connectivity index is 0.000000418. The van der Waals surface area contributed by atoms with Crippen LogP contribution in [0, 0.1) is 0 Å². The molecule has 0 radical (unpaired) electrons. The monoisotopic (exact) mass is 1730 g/mol. The molecule has 0 unspecified atom stereocenters. The lowest BCUT2D eigenvalue weighted by Crippen LogP contribution is -2.61. The molecule has 8 saturated heterocycles. The van der Waals surface area contributed by atoms with E-state index in [0.29, 0.717) is 69.2 Å². The Morgan fingerprint density at radius 1 is 0.427 bits per heavy atom. The van der Waals surface area contributed by atoms with Gasteiger partial charge in [0.2, 0.25) is 0 Å². The number of nitrogens with one attached hydrogen (secondary N) is 3. The molecular formula is C74H136Br4ClN13O11. The number of piperazine rings is 5. The fourth-order valence-corrected chi connectivity index (χ4v) is 13.2. The summed E-state index contributed by atoms with van der Waals surface area (Å²) < 4.78 is 33.2. The number of carbonyl (C=O) groups is 6. The second kappa shape index (κ2) is 44.7. The number of ketones is 1. The van der Waals surface area contributed by atoms with Gasteiger partial charge in [0.25, 0.3) is 0 Å². The zero-order chi connectivity index (χ0) is 77.2. The Morgan fingerprint density at radius 2 is 0.777 bits per heavy atom. The average Bonchev–Trinajstić information content (AvgIpc) is 0.802. The zero-order valence-electron chi connectivity index (χ0n) is 67.0. The number of nitrogens with zero attached hydrogens (tertiary/aromatic N) is 10. The summed E-state index contributed by atoms with van der Waals surface area (Å²) in [7, 11) is 0. The van der Waals surface area contributed by atoms with Gasteiger partial charge < -0.3 is 64.1 Å². The number of alkyl halides is 1. The molecule has 9 rings (SSSR count). The third-order valence-electron chi connectivity index (χ3n) is 18.0. The lowest BCUT2D eigenvalue weighted by molar-refractivity contribution is -0.121. The van der Waals surface area contributed by atoms with Crippen molar-refractivity contribution in [2.45, 2.75) is 265 Å². The number of rotatable bonds is 3.